The molecule has 3 rings (SSSR count). The summed E-state index contributed by atoms with van der Waals surface area (Å²) in [6, 6.07) is 0.393. The molecule has 0 spiro atoms. The highest BCUT2D eigenvalue weighted by molar-refractivity contribution is 6.07. The normalized spacial score (nSPS) is 30.2. The Morgan fingerprint density at radius 1 is 1.10 bits per heavy atom. The molecule has 3 N–H and O–H groups in total. The Morgan fingerprint density at radius 3 is 2.38 bits per heavy atom. The van der Waals surface area contributed by atoms with Gasteiger partial charge in [0.1, 0.15) is 5.41 Å². The van der Waals surface area contributed by atoms with Gasteiger partial charge in [-0.2, -0.15) is 0 Å². The minimum Gasteiger partial charge on any atom is -0.409 e. The standard InChI is InChI=1S/C16H27N3O2/c17-14(18-21)16(9-3-4-10-16)15(20)19-11-5-8-13(19)12-6-1-2-7-12/h12-13,21H,1-11H2,(H2,17,18). The Bertz CT molecular complexity index is 423. The van der Waals surface area contributed by atoms with Crippen LogP contribution in [0.2, 0.25) is 0 Å². The maximum atomic E-state index is 13.2. The number of nitrogens with zero attached hydrogens (tertiary/aromatic N) is 2. The van der Waals surface area contributed by atoms with E-state index >= 15 is 0 Å². The summed E-state index contributed by atoms with van der Waals surface area (Å²) < 4.78 is 0. The third-order valence-electron chi connectivity index (χ3n) is 5.97. The smallest absolute Gasteiger partial charge is 0.236 e. The van der Waals surface area contributed by atoms with Crippen LogP contribution >= 0.6 is 0 Å². The van der Waals surface area contributed by atoms with E-state index in [0.717, 1.165) is 45.1 Å². The zero-order chi connectivity index (χ0) is 14.9. The largest absolute Gasteiger partial charge is 0.409 e. The van der Waals surface area contributed by atoms with Crippen molar-refractivity contribution in [2.24, 2.45) is 22.2 Å². The Balaban J connectivity index is 1.82. The van der Waals surface area contributed by atoms with Crippen LogP contribution in [0.4, 0.5) is 0 Å². The molecule has 0 aromatic heterocycles. The summed E-state index contributed by atoms with van der Waals surface area (Å²) >= 11 is 0. The van der Waals surface area contributed by atoms with Crippen LogP contribution in [0.15, 0.2) is 5.16 Å². The van der Waals surface area contributed by atoms with E-state index in [1.54, 1.807) is 0 Å². The number of hydrogen-bond donors (Lipinski definition) is 2. The highest BCUT2D eigenvalue weighted by Gasteiger charge is 2.50. The van der Waals surface area contributed by atoms with Crippen molar-refractivity contribution in [2.45, 2.75) is 70.3 Å². The molecule has 5 nitrogen and oxygen atoms in total. The zero-order valence-corrected chi connectivity index (χ0v) is 12.8. The summed E-state index contributed by atoms with van der Waals surface area (Å²) in [5.41, 5.74) is 5.21. The SMILES string of the molecule is NC(=NO)C1(C(=O)N2CCCC2C2CCCC2)CCCC1. The quantitative estimate of drug-likeness (QED) is 0.363. The lowest BCUT2D eigenvalue weighted by molar-refractivity contribution is -0.140. The van der Waals surface area contributed by atoms with Crippen molar-refractivity contribution in [3.63, 3.8) is 0 Å². The van der Waals surface area contributed by atoms with Crippen molar-refractivity contribution in [3.05, 3.63) is 0 Å². The molecule has 2 aliphatic carbocycles. The third-order valence-corrected chi connectivity index (χ3v) is 5.97. The second kappa shape index (κ2) is 5.85. The molecule has 1 heterocycles. The van der Waals surface area contributed by atoms with Crippen LogP contribution in [0.25, 0.3) is 0 Å². The number of oxime groups is 1. The number of amidine groups is 1. The topological polar surface area (TPSA) is 78.9 Å². The van der Waals surface area contributed by atoms with Crippen LogP contribution in [0.3, 0.4) is 0 Å². The third kappa shape index (κ3) is 2.40. The second-order valence-electron chi connectivity index (χ2n) is 7.03. The Kier molecular flexibility index (Phi) is 4.09. The highest BCUT2D eigenvalue weighted by Crippen LogP contribution is 2.43. The molecule has 118 valence electrons. The molecular formula is C16H27N3O2. The van der Waals surface area contributed by atoms with Crippen molar-refractivity contribution in [3.8, 4) is 0 Å². The van der Waals surface area contributed by atoms with Gasteiger partial charge in [-0.3, -0.25) is 4.79 Å². The lowest BCUT2D eigenvalue weighted by atomic mass is 9.82. The lowest BCUT2D eigenvalue weighted by Gasteiger charge is -2.36. The monoisotopic (exact) mass is 293 g/mol. The minimum absolute atomic E-state index is 0.127. The van der Waals surface area contributed by atoms with Crippen LogP contribution < -0.4 is 5.73 Å². The molecule has 0 aromatic rings. The average molecular weight is 293 g/mol. The summed E-state index contributed by atoms with van der Waals surface area (Å²) in [5, 5.41) is 12.3. The second-order valence-corrected chi connectivity index (χ2v) is 7.03. The molecule has 1 aliphatic heterocycles. The van der Waals surface area contributed by atoms with E-state index in [1.807, 2.05) is 0 Å². The fraction of sp³-hybridized carbons (Fsp3) is 0.875. The van der Waals surface area contributed by atoms with Gasteiger partial charge in [0.25, 0.3) is 0 Å². The van der Waals surface area contributed by atoms with Gasteiger partial charge in [-0.15, -0.1) is 0 Å². The van der Waals surface area contributed by atoms with Crippen LogP contribution in [0.1, 0.15) is 64.2 Å². The van der Waals surface area contributed by atoms with E-state index in [-0.39, 0.29) is 11.7 Å². The fourth-order valence-electron chi connectivity index (χ4n) is 4.81. The summed E-state index contributed by atoms with van der Waals surface area (Å²) in [4.78, 5) is 15.3. The summed E-state index contributed by atoms with van der Waals surface area (Å²) in [6.07, 6.45) is 10.8. The predicted octanol–water partition coefficient (Wildman–Crippen LogP) is 2.47. The average Bonchev–Trinajstić information content (AvgIpc) is 3.25. The number of nitrogens with two attached hydrogens (primary N) is 1. The molecule has 3 aliphatic rings. The number of amides is 1. The van der Waals surface area contributed by atoms with E-state index in [4.69, 9.17) is 10.9 Å². The van der Waals surface area contributed by atoms with E-state index in [0.29, 0.717) is 12.0 Å². The van der Waals surface area contributed by atoms with Gasteiger partial charge in [-0.05, 0) is 44.4 Å². The van der Waals surface area contributed by atoms with Crippen LogP contribution in [0.5, 0.6) is 0 Å². The van der Waals surface area contributed by atoms with E-state index in [2.05, 4.69) is 10.1 Å². The molecule has 0 aromatic carbocycles. The summed E-state index contributed by atoms with van der Waals surface area (Å²) in [5.74, 6) is 0.925. The van der Waals surface area contributed by atoms with Crippen molar-refractivity contribution >= 4 is 11.7 Å². The summed E-state index contributed by atoms with van der Waals surface area (Å²) in [6.45, 7) is 0.848. The maximum Gasteiger partial charge on any atom is 0.236 e. The van der Waals surface area contributed by atoms with E-state index in [1.165, 1.54) is 25.7 Å². The van der Waals surface area contributed by atoms with Gasteiger partial charge < -0.3 is 15.8 Å². The van der Waals surface area contributed by atoms with Gasteiger partial charge >= 0.3 is 0 Å². The number of carbonyl (C=O) groups is 1. The highest BCUT2D eigenvalue weighted by atomic mass is 16.4. The van der Waals surface area contributed by atoms with Crippen molar-refractivity contribution in [1.82, 2.24) is 4.90 Å². The number of rotatable bonds is 3. The minimum atomic E-state index is -0.726. The van der Waals surface area contributed by atoms with Crippen LogP contribution in [0, 0.1) is 11.3 Å². The van der Waals surface area contributed by atoms with Crippen molar-refractivity contribution in [2.75, 3.05) is 6.54 Å². The number of hydrogen-bond acceptors (Lipinski definition) is 3. The molecule has 2 saturated carbocycles. The van der Waals surface area contributed by atoms with Crippen molar-refractivity contribution in [1.29, 1.82) is 0 Å². The van der Waals surface area contributed by atoms with Crippen LogP contribution in [-0.4, -0.2) is 34.4 Å². The maximum absolute atomic E-state index is 13.2. The van der Waals surface area contributed by atoms with Gasteiger partial charge in [0.15, 0.2) is 5.84 Å². The fourth-order valence-corrected chi connectivity index (χ4v) is 4.81. The zero-order valence-electron chi connectivity index (χ0n) is 12.8. The molecule has 1 amide bonds. The first kappa shape index (κ1) is 14.7. The molecular weight excluding hydrogens is 266 g/mol. The lowest BCUT2D eigenvalue weighted by Crippen LogP contribution is -2.52. The molecule has 0 bridgehead atoms. The molecule has 5 heteroatoms. The van der Waals surface area contributed by atoms with E-state index < -0.39 is 5.41 Å². The molecule has 0 radical (unpaired) electrons. The molecule has 21 heavy (non-hydrogen) atoms. The molecule has 1 atom stereocenters. The van der Waals surface area contributed by atoms with Gasteiger partial charge in [0.05, 0.1) is 0 Å². The molecule has 3 fully saturated rings. The predicted molar refractivity (Wildman–Crippen MR) is 81.0 cm³/mol. The van der Waals surface area contributed by atoms with Gasteiger partial charge in [0, 0.05) is 12.6 Å². The van der Waals surface area contributed by atoms with Gasteiger partial charge in [-0.1, -0.05) is 30.8 Å². The van der Waals surface area contributed by atoms with Gasteiger partial charge in [-0.25, -0.2) is 0 Å². The molecule has 1 saturated heterocycles. The Labute approximate surface area is 126 Å². The number of carbonyl (C=O) groups excluding carboxylic acids is 1. The first-order valence-electron chi connectivity index (χ1n) is 8.48. The number of likely N-dealkylation sites (tertiary alicyclic amines) is 1. The first-order valence-corrected chi connectivity index (χ1v) is 8.48. The van der Waals surface area contributed by atoms with Crippen LogP contribution in [-0.2, 0) is 4.79 Å². The Hall–Kier alpha value is -1.26. The summed E-state index contributed by atoms with van der Waals surface area (Å²) in [7, 11) is 0. The van der Waals surface area contributed by atoms with Gasteiger partial charge in [0.2, 0.25) is 5.91 Å². The van der Waals surface area contributed by atoms with E-state index in [9.17, 15) is 4.79 Å². The van der Waals surface area contributed by atoms with Crippen molar-refractivity contribution < 1.29 is 10.0 Å². The molecule has 1 unspecified atom stereocenters. The Morgan fingerprint density at radius 2 is 1.76 bits per heavy atom. The first-order chi connectivity index (χ1) is 10.2.